The Hall–Kier alpha value is -2.47. The van der Waals surface area contributed by atoms with Gasteiger partial charge in [0.05, 0.1) is 27.6 Å². The van der Waals surface area contributed by atoms with E-state index in [1.54, 1.807) is 7.05 Å². The van der Waals surface area contributed by atoms with Gasteiger partial charge in [-0.05, 0) is 12.1 Å². The molecule has 1 heterocycles. The second-order valence-corrected chi connectivity index (χ2v) is 5.04. The summed E-state index contributed by atoms with van der Waals surface area (Å²) in [5, 5.41) is 1.27. The van der Waals surface area contributed by atoms with E-state index in [0.717, 1.165) is 0 Å². The Balaban J connectivity index is 2.58. The standard InChI is InChI=1S/C13H11ClN4O2/c1-18-11-7-5(9(15)8(14)10(11)16)2-4(12(17)19)3-6(7)13(18)20/h2-3H,15-16H2,1H3,(H2,17,19). The van der Waals surface area contributed by atoms with Crippen molar-refractivity contribution in [2.45, 2.75) is 0 Å². The molecule has 0 unspecified atom stereocenters. The Morgan fingerprint density at radius 3 is 2.50 bits per heavy atom. The molecule has 102 valence electrons. The number of nitrogens with two attached hydrogens (primary N) is 3. The molecule has 6 N–H and O–H groups in total. The second kappa shape index (κ2) is 3.77. The number of hydrogen-bond donors (Lipinski definition) is 3. The van der Waals surface area contributed by atoms with Crippen LogP contribution in [0.4, 0.5) is 17.1 Å². The quantitative estimate of drug-likeness (QED) is 0.687. The Morgan fingerprint density at radius 2 is 1.90 bits per heavy atom. The van der Waals surface area contributed by atoms with Gasteiger partial charge < -0.3 is 22.1 Å². The van der Waals surface area contributed by atoms with Gasteiger partial charge in [-0.25, -0.2) is 0 Å². The predicted molar refractivity (Wildman–Crippen MR) is 79.0 cm³/mol. The predicted octanol–water partition coefficient (Wildman–Crippen LogP) is 1.35. The summed E-state index contributed by atoms with van der Waals surface area (Å²) < 4.78 is 0. The fourth-order valence-electron chi connectivity index (χ4n) is 2.55. The van der Waals surface area contributed by atoms with Crippen molar-refractivity contribution in [3.8, 4) is 0 Å². The minimum absolute atomic E-state index is 0.168. The third-order valence-electron chi connectivity index (χ3n) is 3.55. The van der Waals surface area contributed by atoms with Crippen LogP contribution in [0.5, 0.6) is 0 Å². The van der Waals surface area contributed by atoms with E-state index in [-0.39, 0.29) is 27.9 Å². The lowest BCUT2D eigenvalue weighted by Gasteiger charge is -2.15. The molecule has 0 saturated carbocycles. The van der Waals surface area contributed by atoms with Gasteiger partial charge in [0.1, 0.15) is 0 Å². The van der Waals surface area contributed by atoms with Crippen molar-refractivity contribution in [3.63, 3.8) is 0 Å². The first-order valence-corrected chi connectivity index (χ1v) is 6.14. The highest BCUT2D eigenvalue weighted by atomic mass is 35.5. The Bertz CT molecular complexity index is 816. The van der Waals surface area contributed by atoms with Crippen LogP contribution in [0.15, 0.2) is 12.1 Å². The van der Waals surface area contributed by atoms with E-state index in [2.05, 4.69) is 0 Å². The van der Waals surface area contributed by atoms with Crippen molar-refractivity contribution in [1.29, 1.82) is 0 Å². The fourth-order valence-corrected chi connectivity index (χ4v) is 2.74. The van der Waals surface area contributed by atoms with Crippen LogP contribution in [0.3, 0.4) is 0 Å². The average Bonchev–Trinajstić information content (AvgIpc) is 2.67. The number of primary amides is 1. The van der Waals surface area contributed by atoms with Gasteiger partial charge in [-0.1, -0.05) is 11.6 Å². The zero-order valence-electron chi connectivity index (χ0n) is 10.5. The van der Waals surface area contributed by atoms with E-state index < -0.39 is 5.91 Å². The van der Waals surface area contributed by atoms with Crippen LogP contribution in [0.1, 0.15) is 20.7 Å². The number of nitrogens with zero attached hydrogens (tertiary/aromatic N) is 1. The molecule has 0 atom stereocenters. The summed E-state index contributed by atoms with van der Waals surface area (Å²) in [6.45, 7) is 0. The monoisotopic (exact) mass is 290 g/mol. The summed E-state index contributed by atoms with van der Waals surface area (Å²) in [5.41, 5.74) is 18.7. The number of rotatable bonds is 1. The third kappa shape index (κ3) is 1.34. The topological polar surface area (TPSA) is 115 Å². The van der Waals surface area contributed by atoms with Gasteiger partial charge in [0.25, 0.3) is 5.91 Å². The van der Waals surface area contributed by atoms with Crippen LogP contribution in [-0.4, -0.2) is 18.9 Å². The summed E-state index contributed by atoms with van der Waals surface area (Å²) in [5.74, 6) is -0.916. The van der Waals surface area contributed by atoms with Gasteiger partial charge in [-0.2, -0.15) is 0 Å². The van der Waals surface area contributed by atoms with Crippen molar-refractivity contribution in [1.82, 2.24) is 0 Å². The molecule has 3 rings (SSSR count). The lowest BCUT2D eigenvalue weighted by atomic mass is 9.99. The lowest BCUT2D eigenvalue weighted by molar-refractivity contribution is 0.0998. The van der Waals surface area contributed by atoms with Crippen LogP contribution in [0.2, 0.25) is 5.02 Å². The van der Waals surface area contributed by atoms with Gasteiger partial charge in [0.15, 0.2) is 0 Å². The van der Waals surface area contributed by atoms with Gasteiger partial charge in [0, 0.05) is 23.4 Å². The maximum atomic E-state index is 12.3. The summed E-state index contributed by atoms with van der Waals surface area (Å²) in [6, 6.07) is 2.98. The van der Waals surface area contributed by atoms with E-state index in [9.17, 15) is 9.59 Å². The zero-order chi connectivity index (χ0) is 14.8. The molecule has 0 radical (unpaired) electrons. The lowest BCUT2D eigenvalue weighted by Crippen LogP contribution is -2.22. The molecule has 0 aliphatic carbocycles. The molecule has 0 bridgehead atoms. The number of amides is 2. The minimum atomic E-state index is -0.639. The van der Waals surface area contributed by atoms with Gasteiger partial charge in [0.2, 0.25) is 5.91 Å². The second-order valence-electron chi connectivity index (χ2n) is 4.66. The van der Waals surface area contributed by atoms with E-state index in [1.807, 2.05) is 0 Å². The summed E-state index contributed by atoms with van der Waals surface area (Å²) in [7, 11) is 1.59. The van der Waals surface area contributed by atoms with Gasteiger partial charge in [-0.3, -0.25) is 9.59 Å². The van der Waals surface area contributed by atoms with Crippen LogP contribution in [-0.2, 0) is 0 Å². The molecule has 2 aromatic carbocycles. The maximum absolute atomic E-state index is 12.3. The highest BCUT2D eigenvalue weighted by Gasteiger charge is 2.32. The normalized spacial score (nSPS) is 13.3. The summed E-state index contributed by atoms with van der Waals surface area (Å²) in [4.78, 5) is 25.0. The average molecular weight is 291 g/mol. The molecular weight excluding hydrogens is 280 g/mol. The minimum Gasteiger partial charge on any atom is -0.397 e. The molecule has 20 heavy (non-hydrogen) atoms. The van der Waals surface area contributed by atoms with Gasteiger partial charge >= 0.3 is 0 Å². The number of benzene rings is 2. The molecule has 2 aromatic rings. The highest BCUT2D eigenvalue weighted by molar-refractivity contribution is 6.41. The smallest absolute Gasteiger partial charge is 0.258 e. The first kappa shape index (κ1) is 12.6. The van der Waals surface area contributed by atoms with Crippen molar-refractivity contribution in [3.05, 3.63) is 28.3 Å². The highest BCUT2D eigenvalue weighted by Crippen LogP contribution is 2.48. The molecule has 2 amide bonds. The fraction of sp³-hybridized carbons (Fsp3) is 0.0769. The molecule has 0 saturated heterocycles. The van der Waals surface area contributed by atoms with Crippen LogP contribution >= 0.6 is 11.6 Å². The Labute approximate surface area is 119 Å². The summed E-state index contributed by atoms with van der Waals surface area (Å²) in [6.07, 6.45) is 0. The molecular formula is C13H11ClN4O2. The van der Waals surface area contributed by atoms with E-state index >= 15 is 0 Å². The number of anilines is 3. The zero-order valence-corrected chi connectivity index (χ0v) is 11.3. The van der Waals surface area contributed by atoms with Crippen molar-refractivity contribution in [2.75, 3.05) is 23.4 Å². The number of hydrogen-bond acceptors (Lipinski definition) is 4. The first-order valence-electron chi connectivity index (χ1n) is 5.76. The van der Waals surface area contributed by atoms with Crippen LogP contribution < -0.4 is 22.1 Å². The number of carbonyl (C=O) groups excluding carboxylic acids is 2. The SMILES string of the molecule is CN1C(=O)c2cc(C(N)=O)cc3c(N)c(Cl)c(N)c1c23. The van der Waals surface area contributed by atoms with E-state index in [0.29, 0.717) is 22.0 Å². The maximum Gasteiger partial charge on any atom is 0.258 e. The molecule has 1 aliphatic heterocycles. The molecule has 6 nitrogen and oxygen atoms in total. The number of carbonyl (C=O) groups is 2. The van der Waals surface area contributed by atoms with Crippen LogP contribution in [0, 0.1) is 0 Å². The van der Waals surface area contributed by atoms with Crippen molar-refractivity contribution < 1.29 is 9.59 Å². The van der Waals surface area contributed by atoms with Crippen molar-refractivity contribution in [2.24, 2.45) is 5.73 Å². The third-order valence-corrected chi connectivity index (χ3v) is 3.96. The molecule has 0 aromatic heterocycles. The number of halogens is 1. The van der Waals surface area contributed by atoms with E-state index in [4.69, 9.17) is 28.8 Å². The molecule has 1 aliphatic rings. The summed E-state index contributed by atoms with van der Waals surface area (Å²) >= 11 is 6.10. The van der Waals surface area contributed by atoms with E-state index in [1.165, 1.54) is 17.0 Å². The molecule has 0 fully saturated rings. The molecule has 0 spiro atoms. The first-order chi connectivity index (χ1) is 9.34. The largest absolute Gasteiger partial charge is 0.397 e. The Morgan fingerprint density at radius 1 is 1.25 bits per heavy atom. The number of nitrogen functional groups attached to an aromatic ring is 2. The Kier molecular flexibility index (Phi) is 2.37. The van der Waals surface area contributed by atoms with Crippen molar-refractivity contribution >= 4 is 51.2 Å². The van der Waals surface area contributed by atoms with Crippen LogP contribution in [0.25, 0.3) is 10.8 Å². The molecule has 7 heteroatoms. The van der Waals surface area contributed by atoms with Gasteiger partial charge in [-0.15, -0.1) is 0 Å².